The van der Waals surface area contributed by atoms with Crippen molar-refractivity contribution in [2.24, 2.45) is 5.16 Å². The van der Waals surface area contributed by atoms with Crippen molar-refractivity contribution >= 4 is 11.7 Å². The molecule has 0 radical (unpaired) electrons. The number of benzene rings is 3. The normalized spacial score (nSPS) is 11.8. The maximum atomic E-state index is 11.0. The number of nitrogens with zero attached hydrogens (tertiary/aromatic N) is 2. The molecule has 1 atom stereocenters. The van der Waals surface area contributed by atoms with Gasteiger partial charge in [-0.05, 0) is 35.4 Å². The van der Waals surface area contributed by atoms with Crippen molar-refractivity contribution in [1.82, 2.24) is 0 Å². The van der Waals surface area contributed by atoms with Crippen LogP contribution in [0, 0.1) is 6.57 Å². The van der Waals surface area contributed by atoms with Gasteiger partial charge in [0.1, 0.15) is 37.5 Å². The molecule has 0 aliphatic heterocycles. The lowest BCUT2D eigenvalue weighted by molar-refractivity contribution is -0.137. The van der Waals surface area contributed by atoms with Gasteiger partial charge in [-0.3, -0.25) is 0 Å². The van der Waals surface area contributed by atoms with E-state index < -0.39 is 12.0 Å². The summed E-state index contributed by atoms with van der Waals surface area (Å²) in [6.45, 7) is 7.57. The first kappa shape index (κ1) is 23.4. The summed E-state index contributed by atoms with van der Waals surface area (Å²) in [6.07, 6.45) is 0.163. The van der Waals surface area contributed by atoms with Gasteiger partial charge in [-0.2, -0.15) is 0 Å². The lowest BCUT2D eigenvalue weighted by atomic mass is 10.1. The number of oxime groups is 1. The first-order chi connectivity index (χ1) is 16.1. The van der Waals surface area contributed by atoms with Crippen LogP contribution in [0.15, 0.2) is 84.0 Å². The monoisotopic (exact) mass is 444 g/mol. The van der Waals surface area contributed by atoms with Crippen LogP contribution < -0.4 is 9.47 Å². The Kier molecular flexibility index (Phi) is 8.43. The molecule has 3 aromatic rings. The Balaban J connectivity index is 1.56. The zero-order chi connectivity index (χ0) is 23.5. The molecule has 0 aromatic heterocycles. The number of aliphatic carboxylic acids is 1. The summed E-state index contributed by atoms with van der Waals surface area (Å²) in [4.78, 5) is 19.1. The van der Waals surface area contributed by atoms with Gasteiger partial charge < -0.3 is 24.3 Å². The van der Waals surface area contributed by atoms with Crippen molar-refractivity contribution in [3.63, 3.8) is 0 Å². The molecule has 7 nitrogen and oxygen atoms in total. The van der Waals surface area contributed by atoms with E-state index in [1.54, 1.807) is 24.3 Å². The average molecular weight is 444 g/mol. The molecule has 0 fully saturated rings. The summed E-state index contributed by atoms with van der Waals surface area (Å²) >= 11 is 0. The maximum absolute atomic E-state index is 11.0. The molecule has 1 N–H and O–H groups in total. The quantitative estimate of drug-likeness (QED) is 0.265. The van der Waals surface area contributed by atoms with E-state index in [1.165, 1.54) is 7.11 Å². The SMILES string of the molecule is [C-]#[N+]C(Cc1ccc(OCc2cccc(OC/C(=N\OC)c3ccccc3)c2)cc1)C(=O)O. The van der Waals surface area contributed by atoms with Gasteiger partial charge in [-0.1, -0.05) is 59.8 Å². The molecular weight excluding hydrogens is 420 g/mol. The van der Waals surface area contributed by atoms with Crippen molar-refractivity contribution < 1.29 is 24.2 Å². The van der Waals surface area contributed by atoms with Crippen LogP contribution in [-0.2, 0) is 22.7 Å². The van der Waals surface area contributed by atoms with Crippen molar-refractivity contribution in [2.45, 2.75) is 19.1 Å². The first-order valence-electron chi connectivity index (χ1n) is 10.3. The molecule has 33 heavy (non-hydrogen) atoms. The highest BCUT2D eigenvalue weighted by molar-refractivity contribution is 6.01. The fraction of sp³-hybridized carbons (Fsp3) is 0.192. The number of hydrogen-bond donors (Lipinski definition) is 1. The molecule has 1 unspecified atom stereocenters. The summed E-state index contributed by atoms with van der Waals surface area (Å²) in [5, 5.41) is 13.1. The summed E-state index contributed by atoms with van der Waals surface area (Å²) < 4.78 is 11.8. The molecule has 7 heteroatoms. The lowest BCUT2D eigenvalue weighted by Crippen LogP contribution is -2.18. The first-order valence-corrected chi connectivity index (χ1v) is 10.3. The Labute approximate surface area is 192 Å². The molecule has 168 valence electrons. The standard InChI is InChI=1S/C26H24N2O5/c1-27-24(26(29)30)16-19-11-13-22(14-12-19)32-17-20-7-6-10-23(15-20)33-18-25(28-31-2)21-8-4-3-5-9-21/h3-15,24H,16-18H2,2H3,(H,29,30)/b28-25+. The fourth-order valence-electron chi connectivity index (χ4n) is 3.08. The van der Waals surface area contributed by atoms with Gasteiger partial charge in [0.2, 0.25) is 0 Å². The van der Waals surface area contributed by atoms with Gasteiger partial charge in [-0.15, -0.1) is 0 Å². The summed E-state index contributed by atoms with van der Waals surface area (Å²) in [5.41, 5.74) is 3.31. The van der Waals surface area contributed by atoms with E-state index in [-0.39, 0.29) is 13.0 Å². The smallest absolute Gasteiger partial charge is 0.388 e. The average Bonchev–Trinajstić information content (AvgIpc) is 2.85. The Morgan fingerprint density at radius 1 is 0.970 bits per heavy atom. The van der Waals surface area contributed by atoms with Crippen molar-refractivity contribution in [3.05, 3.63) is 107 Å². The highest BCUT2D eigenvalue weighted by atomic mass is 16.6. The van der Waals surface area contributed by atoms with Crippen LogP contribution in [0.3, 0.4) is 0 Å². The largest absolute Gasteiger partial charge is 0.489 e. The number of carboxylic acids is 1. The number of hydrogen-bond acceptors (Lipinski definition) is 5. The molecule has 3 rings (SSSR count). The van der Waals surface area contributed by atoms with Gasteiger partial charge in [0.15, 0.2) is 0 Å². The molecule has 3 aromatic carbocycles. The lowest BCUT2D eigenvalue weighted by Gasteiger charge is -2.11. The van der Waals surface area contributed by atoms with Crippen LogP contribution >= 0.6 is 0 Å². The molecule has 0 amide bonds. The maximum Gasteiger partial charge on any atom is 0.388 e. The van der Waals surface area contributed by atoms with Crippen LogP contribution in [0.4, 0.5) is 0 Å². The van der Waals surface area contributed by atoms with Gasteiger partial charge in [-0.25, -0.2) is 11.4 Å². The van der Waals surface area contributed by atoms with E-state index in [4.69, 9.17) is 26.0 Å². The zero-order valence-electron chi connectivity index (χ0n) is 18.2. The predicted octanol–water partition coefficient (Wildman–Crippen LogP) is 4.61. The zero-order valence-corrected chi connectivity index (χ0v) is 18.2. The van der Waals surface area contributed by atoms with E-state index in [2.05, 4.69) is 10.0 Å². The van der Waals surface area contributed by atoms with Crippen molar-refractivity contribution in [2.75, 3.05) is 13.7 Å². The van der Waals surface area contributed by atoms with E-state index in [0.717, 1.165) is 16.7 Å². The molecule has 0 saturated carbocycles. The number of carboxylic acid groups (broad SMARTS) is 1. The van der Waals surface area contributed by atoms with E-state index in [9.17, 15) is 4.79 Å². The number of carbonyl (C=O) groups is 1. The third kappa shape index (κ3) is 7.11. The fourth-order valence-corrected chi connectivity index (χ4v) is 3.08. The van der Waals surface area contributed by atoms with E-state index >= 15 is 0 Å². The highest BCUT2D eigenvalue weighted by Gasteiger charge is 2.22. The number of rotatable bonds is 11. The van der Waals surface area contributed by atoms with E-state index in [1.807, 2.05) is 54.6 Å². The Hall–Kier alpha value is -4.31. The second-order valence-corrected chi connectivity index (χ2v) is 7.14. The molecule has 0 bridgehead atoms. The molecule has 0 saturated heterocycles. The highest BCUT2D eigenvalue weighted by Crippen LogP contribution is 2.19. The Morgan fingerprint density at radius 2 is 1.73 bits per heavy atom. The van der Waals surface area contributed by atoms with Crippen LogP contribution in [0.25, 0.3) is 4.85 Å². The van der Waals surface area contributed by atoms with E-state index in [0.29, 0.717) is 23.8 Å². The Morgan fingerprint density at radius 3 is 2.39 bits per heavy atom. The van der Waals surface area contributed by atoms with Gasteiger partial charge in [0.25, 0.3) is 0 Å². The molecular formula is C26H24N2O5. The van der Waals surface area contributed by atoms with Crippen molar-refractivity contribution in [1.29, 1.82) is 0 Å². The van der Waals surface area contributed by atoms with Gasteiger partial charge in [0.05, 0.1) is 6.42 Å². The molecule has 0 aliphatic carbocycles. The minimum Gasteiger partial charge on any atom is -0.489 e. The number of ether oxygens (including phenoxy) is 2. The summed E-state index contributed by atoms with van der Waals surface area (Å²) in [5.74, 6) is 0.222. The second kappa shape index (κ2) is 11.9. The predicted molar refractivity (Wildman–Crippen MR) is 124 cm³/mol. The van der Waals surface area contributed by atoms with Gasteiger partial charge in [0, 0.05) is 5.56 Å². The van der Waals surface area contributed by atoms with Gasteiger partial charge >= 0.3 is 12.0 Å². The van der Waals surface area contributed by atoms with Crippen LogP contribution in [0.1, 0.15) is 16.7 Å². The molecule has 0 aliphatic rings. The summed E-state index contributed by atoms with van der Waals surface area (Å²) in [6, 6.07) is 23.3. The van der Waals surface area contributed by atoms with Crippen LogP contribution in [0.2, 0.25) is 0 Å². The topological polar surface area (TPSA) is 81.7 Å². The van der Waals surface area contributed by atoms with Crippen molar-refractivity contribution in [3.8, 4) is 11.5 Å². The second-order valence-electron chi connectivity index (χ2n) is 7.14. The van der Waals surface area contributed by atoms with Crippen LogP contribution in [-0.4, -0.2) is 36.5 Å². The third-order valence-corrected chi connectivity index (χ3v) is 4.78. The minimum absolute atomic E-state index is 0.163. The minimum atomic E-state index is -1.11. The third-order valence-electron chi connectivity index (χ3n) is 4.78. The van der Waals surface area contributed by atoms with Crippen LogP contribution in [0.5, 0.6) is 11.5 Å². The Bertz CT molecular complexity index is 1120. The molecule has 0 heterocycles. The molecule has 0 spiro atoms. The summed E-state index contributed by atoms with van der Waals surface area (Å²) in [7, 11) is 1.50.